The zero-order chi connectivity index (χ0) is 11.1. The van der Waals surface area contributed by atoms with Crippen molar-refractivity contribution in [3.05, 3.63) is 6.07 Å². The van der Waals surface area contributed by atoms with Gasteiger partial charge in [-0.1, -0.05) is 0 Å². The Bertz CT molecular complexity index is 449. The molecule has 0 unspecified atom stereocenters. The van der Waals surface area contributed by atoms with Crippen molar-refractivity contribution in [2.75, 3.05) is 0 Å². The van der Waals surface area contributed by atoms with E-state index in [1.165, 1.54) is 0 Å². The maximum atomic E-state index is 10.6. The molecule has 7 nitrogen and oxygen atoms in total. The highest BCUT2D eigenvalue weighted by Crippen LogP contribution is 2.44. The summed E-state index contributed by atoms with van der Waals surface area (Å²) in [4.78, 5) is -1.34. The first-order valence-electron chi connectivity index (χ1n) is 3.19. The lowest BCUT2D eigenvalue weighted by atomic mass is 10.3. The van der Waals surface area contributed by atoms with Gasteiger partial charge in [0.15, 0.2) is 27.9 Å². The topological polar surface area (TPSA) is 135 Å². The van der Waals surface area contributed by atoms with Gasteiger partial charge in [-0.25, -0.2) is 0 Å². The monoisotopic (exact) mass is 222 g/mol. The van der Waals surface area contributed by atoms with E-state index < -0.39 is 38.0 Å². The molecule has 0 heterocycles. The predicted octanol–water partition coefficient (Wildman–Crippen LogP) is -0.244. The molecule has 14 heavy (non-hydrogen) atoms. The van der Waals surface area contributed by atoms with Crippen molar-refractivity contribution in [1.29, 1.82) is 0 Å². The van der Waals surface area contributed by atoms with Crippen molar-refractivity contribution >= 4 is 10.1 Å². The minimum Gasteiger partial charge on any atom is -0.504 e. The first kappa shape index (κ1) is 10.4. The van der Waals surface area contributed by atoms with Crippen LogP contribution in [0.25, 0.3) is 0 Å². The van der Waals surface area contributed by atoms with Crippen molar-refractivity contribution < 1.29 is 33.4 Å². The number of rotatable bonds is 1. The van der Waals surface area contributed by atoms with Gasteiger partial charge in [-0.05, 0) is 0 Å². The maximum absolute atomic E-state index is 10.6. The van der Waals surface area contributed by atoms with Crippen LogP contribution in [0.15, 0.2) is 11.0 Å². The van der Waals surface area contributed by atoms with Gasteiger partial charge in [0.2, 0.25) is 0 Å². The van der Waals surface area contributed by atoms with Crippen LogP contribution in [0.4, 0.5) is 0 Å². The number of phenols is 4. The van der Waals surface area contributed by atoms with E-state index in [1.807, 2.05) is 0 Å². The van der Waals surface area contributed by atoms with Gasteiger partial charge in [0.05, 0.1) is 0 Å². The van der Waals surface area contributed by atoms with Crippen molar-refractivity contribution in [3.8, 4) is 23.0 Å². The average Bonchev–Trinajstić information content (AvgIpc) is 1.98. The second kappa shape index (κ2) is 2.93. The molecule has 0 saturated heterocycles. The molecule has 0 atom stereocenters. The predicted molar refractivity (Wildman–Crippen MR) is 42.9 cm³/mol. The number of phenolic OH excluding ortho intramolecular Hbond substituents is 4. The van der Waals surface area contributed by atoms with Gasteiger partial charge in [-0.15, -0.1) is 0 Å². The van der Waals surface area contributed by atoms with Gasteiger partial charge in [0.25, 0.3) is 0 Å². The number of benzene rings is 1. The molecule has 0 fully saturated rings. The molecule has 0 aliphatic rings. The fourth-order valence-corrected chi connectivity index (χ4v) is 1.55. The summed E-state index contributed by atoms with van der Waals surface area (Å²) in [6.07, 6.45) is 0. The van der Waals surface area contributed by atoms with Gasteiger partial charge in [0, 0.05) is 6.07 Å². The Kier molecular flexibility index (Phi) is 2.18. The molecule has 0 radical (unpaired) electrons. The van der Waals surface area contributed by atoms with E-state index >= 15 is 0 Å². The third-order valence-corrected chi connectivity index (χ3v) is 2.35. The van der Waals surface area contributed by atoms with Crippen molar-refractivity contribution in [2.45, 2.75) is 4.90 Å². The van der Waals surface area contributed by atoms with Crippen LogP contribution >= 0.6 is 0 Å². The van der Waals surface area contributed by atoms with E-state index in [0.29, 0.717) is 6.07 Å². The Balaban J connectivity index is 3.74. The van der Waals surface area contributed by atoms with Gasteiger partial charge in [-0.3, -0.25) is 4.55 Å². The zero-order valence-corrected chi connectivity index (χ0v) is 7.35. The van der Waals surface area contributed by atoms with Gasteiger partial charge < -0.3 is 20.4 Å². The summed E-state index contributed by atoms with van der Waals surface area (Å²) in [7, 11) is -4.93. The van der Waals surface area contributed by atoms with Gasteiger partial charge in [0.1, 0.15) is 0 Å². The minimum atomic E-state index is -4.93. The first-order valence-corrected chi connectivity index (χ1v) is 4.63. The second-order valence-electron chi connectivity index (χ2n) is 2.42. The van der Waals surface area contributed by atoms with Crippen LogP contribution in [0.3, 0.4) is 0 Å². The normalized spacial score (nSPS) is 11.5. The molecule has 0 bridgehead atoms. The summed E-state index contributed by atoms with van der Waals surface area (Å²) in [6, 6.07) is 0.527. The third-order valence-electron chi connectivity index (χ3n) is 1.45. The van der Waals surface area contributed by atoms with Crippen LogP contribution in [0.5, 0.6) is 23.0 Å². The molecular weight excluding hydrogens is 216 g/mol. The van der Waals surface area contributed by atoms with Gasteiger partial charge in [-0.2, -0.15) is 8.42 Å². The van der Waals surface area contributed by atoms with Crippen LogP contribution in [0.2, 0.25) is 0 Å². The largest absolute Gasteiger partial charge is 0.504 e. The lowest BCUT2D eigenvalue weighted by molar-refractivity contribution is 0.350. The van der Waals surface area contributed by atoms with Crippen LogP contribution in [0, 0.1) is 0 Å². The maximum Gasteiger partial charge on any atom is 0.302 e. The molecule has 0 amide bonds. The molecule has 1 aromatic carbocycles. The molecule has 8 heteroatoms. The Hall–Kier alpha value is -1.67. The van der Waals surface area contributed by atoms with E-state index in [9.17, 15) is 8.42 Å². The minimum absolute atomic E-state index is 0.527. The smallest absolute Gasteiger partial charge is 0.302 e. The highest BCUT2D eigenvalue weighted by atomic mass is 32.2. The molecule has 5 N–H and O–H groups in total. The molecular formula is C6H6O7S. The van der Waals surface area contributed by atoms with E-state index in [-0.39, 0.29) is 0 Å². The standard InChI is InChI=1S/C6H6O7S/c7-2-1-3(8)5(10)6(4(2)9)14(11,12)13/h1,7-10H,(H,11,12,13). The van der Waals surface area contributed by atoms with Crippen LogP contribution in [-0.4, -0.2) is 33.4 Å². The van der Waals surface area contributed by atoms with Crippen molar-refractivity contribution in [3.63, 3.8) is 0 Å². The zero-order valence-electron chi connectivity index (χ0n) is 6.54. The summed E-state index contributed by atoms with van der Waals surface area (Å²) in [5.41, 5.74) is 0. The molecule has 0 aliphatic heterocycles. The van der Waals surface area contributed by atoms with Gasteiger partial charge >= 0.3 is 10.1 Å². The Morgan fingerprint density at radius 2 is 1.29 bits per heavy atom. The quantitative estimate of drug-likeness (QED) is 0.251. The second-order valence-corrected chi connectivity index (χ2v) is 3.77. The molecule has 1 aromatic rings. The van der Waals surface area contributed by atoms with E-state index in [1.54, 1.807) is 0 Å². The molecule has 0 aromatic heterocycles. The first-order chi connectivity index (χ1) is 6.25. The number of hydrogen-bond donors (Lipinski definition) is 5. The summed E-state index contributed by atoms with van der Waals surface area (Å²) in [6.45, 7) is 0. The summed E-state index contributed by atoms with van der Waals surface area (Å²) >= 11 is 0. The highest BCUT2D eigenvalue weighted by molar-refractivity contribution is 7.86. The lowest BCUT2D eigenvalue weighted by Crippen LogP contribution is -1.99. The molecule has 78 valence electrons. The Morgan fingerprint density at radius 1 is 0.929 bits per heavy atom. The molecule has 0 saturated carbocycles. The molecule has 1 rings (SSSR count). The SMILES string of the molecule is O=S(=O)(O)c1c(O)c(O)cc(O)c1O. The van der Waals surface area contributed by atoms with E-state index in [2.05, 4.69) is 0 Å². The molecule has 0 aliphatic carbocycles. The Labute approximate surface area is 78.2 Å². The summed E-state index contributed by atoms with van der Waals surface area (Å²) < 4.78 is 29.7. The fourth-order valence-electron chi connectivity index (χ4n) is 0.855. The number of aromatic hydroxyl groups is 4. The lowest BCUT2D eigenvalue weighted by Gasteiger charge is -2.06. The highest BCUT2D eigenvalue weighted by Gasteiger charge is 2.26. The third kappa shape index (κ3) is 1.52. The summed E-state index contributed by atoms with van der Waals surface area (Å²) in [5, 5.41) is 35.7. The van der Waals surface area contributed by atoms with Crippen molar-refractivity contribution in [1.82, 2.24) is 0 Å². The van der Waals surface area contributed by atoms with E-state index in [4.69, 9.17) is 25.0 Å². The summed E-state index contributed by atoms with van der Waals surface area (Å²) in [5.74, 6) is -4.42. The Morgan fingerprint density at radius 3 is 1.57 bits per heavy atom. The average molecular weight is 222 g/mol. The molecule has 0 spiro atoms. The van der Waals surface area contributed by atoms with E-state index in [0.717, 1.165) is 0 Å². The van der Waals surface area contributed by atoms with Crippen molar-refractivity contribution in [2.24, 2.45) is 0 Å². The van der Waals surface area contributed by atoms with Crippen LogP contribution in [-0.2, 0) is 10.1 Å². The number of hydrogen-bond acceptors (Lipinski definition) is 6. The van der Waals surface area contributed by atoms with Crippen LogP contribution in [0.1, 0.15) is 0 Å². The fraction of sp³-hybridized carbons (Fsp3) is 0. The van der Waals surface area contributed by atoms with Crippen LogP contribution < -0.4 is 0 Å².